The molecule has 0 aromatic carbocycles. The van der Waals surface area contributed by atoms with E-state index in [9.17, 15) is 0 Å². The van der Waals surface area contributed by atoms with Crippen LogP contribution in [0.2, 0.25) is 5.02 Å². The van der Waals surface area contributed by atoms with Gasteiger partial charge < -0.3 is 5.73 Å². The number of allylic oxidation sites excluding steroid dienone is 1. The van der Waals surface area contributed by atoms with Gasteiger partial charge in [0.15, 0.2) is 0 Å². The largest absolute Gasteiger partial charge is 0.327 e. The second-order valence-electron chi connectivity index (χ2n) is 4.95. The lowest BCUT2D eigenvalue weighted by molar-refractivity contribution is 0.572. The van der Waals surface area contributed by atoms with Crippen molar-refractivity contribution in [2.45, 2.75) is 58.5 Å². The standard InChI is InChI=1S/C14H22ClN3/c1-3-12-14(15)13(18(4-2)17-12)9-10-5-7-11(16)8-6-10/h5,11H,3-4,6-9,16H2,1-2H3. The lowest BCUT2D eigenvalue weighted by Crippen LogP contribution is -2.22. The summed E-state index contributed by atoms with van der Waals surface area (Å²) in [5.74, 6) is 0. The van der Waals surface area contributed by atoms with Gasteiger partial charge in [0.25, 0.3) is 0 Å². The van der Waals surface area contributed by atoms with Crippen molar-refractivity contribution in [2.24, 2.45) is 5.73 Å². The number of hydrogen-bond acceptors (Lipinski definition) is 2. The van der Waals surface area contributed by atoms with Crippen LogP contribution in [0.15, 0.2) is 11.6 Å². The molecule has 100 valence electrons. The average Bonchev–Trinajstić information content (AvgIpc) is 2.69. The first kappa shape index (κ1) is 13.6. The van der Waals surface area contributed by atoms with Crippen molar-refractivity contribution >= 4 is 11.6 Å². The molecule has 1 heterocycles. The number of aromatic nitrogens is 2. The Morgan fingerprint density at radius 3 is 2.83 bits per heavy atom. The summed E-state index contributed by atoms with van der Waals surface area (Å²) < 4.78 is 2.04. The number of aryl methyl sites for hydroxylation is 2. The lowest BCUT2D eigenvalue weighted by Gasteiger charge is -2.18. The summed E-state index contributed by atoms with van der Waals surface area (Å²) >= 11 is 6.42. The molecule has 0 aliphatic heterocycles. The first-order valence-corrected chi connectivity index (χ1v) is 7.21. The highest BCUT2D eigenvalue weighted by Gasteiger charge is 2.17. The summed E-state index contributed by atoms with van der Waals surface area (Å²) in [6, 6.07) is 0.339. The number of halogens is 1. The molecular formula is C14H22ClN3. The van der Waals surface area contributed by atoms with Crippen molar-refractivity contribution in [3.63, 3.8) is 0 Å². The Kier molecular flexibility index (Phi) is 4.46. The molecule has 0 spiro atoms. The van der Waals surface area contributed by atoms with Crippen molar-refractivity contribution in [1.82, 2.24) is 9.78 Å². The highest BCUT2D eigenvalue weighted by atomic mass is 35.5. The summed E-state index contributed by atoms with van der Waals surface area (Å²) in [6.07, 6.45) is 7.27. The van der Waals surface area contributed by atoms with Crippen LogP contribution in [-0.2, 0) is 19.4 Å². The molecule has 1 unspecified atom stereocenters. The summed E-state index contributed by atoms with van der Waals surface area (Å²) in [4.78, 5) is 0. The van der Waals surface area contributed by atoms with Crippen molar-refractivity contribution in [2.75, 3.05) is 0 Å². The molecule has 4 heteroatoms. The van der Waals surface area contributed by atoms with E-state index in [0.717, 1.165) is 55.1 Å². The van der Waals surface area contributed by atoms with E-state index in [4.69, 9.17) is 17.3 Å². The van der Waals surface area contributed by atoms with Crippen LogP contribution < -0.4 is 5.73 Å². The molecule has 1 aliphatic carbocycles. The predicted octanol–water partition coefficient (Wildman–Crippen LogP) is 3.10. The normalized spacial score (nSPS) is 20.0. The van der Waals surface area contributed by atoms with Gasteiger partial charge >= 0.3 is 0 Å². The van der Waals surface area contributed by atoms with E-state index in [1.807, 2.05) is 4.68 Å². The minimum atomic E-state index is 0.339. The molecule has 1 atom stereocenters. The van der Waals surface area contributed by atoms with Crippen molar-refractivity contribution in [3.05, 3.63) is 28.1 Å². The van der Waals surface area contributed by atoms with Crippen LogP contribution in [0.25, 0.3) is 0 Å². The Labute approximate surface area is 114 Å². The summed E-state index contributed by atoms with van der Waals surface area (Å²) in [5.41, 5.74) is 9.55. The maximum atomic E-state index is 6.42. The van der Waals surface area contributed by atoms with E-state index in [2.05, 4.69) is 25.0 Å². The number of hydrogen-bond donors (Lipinski definition) is 1. The third-order valence-electron chi connectivity index (χ3n) is 3.63. The fourth-order valence-corrected chi connectivity index (χ4v) is 2.81. The molecule has 18 heavy (non-hydrogen) atoms. The Balaban J connectivity index is 2.20. The SMILES string of the molecule is CCc1nn(CC)c(CC2=CCC(N)CC2)c1Cl. The molecule has 0 radical (unpaired) electrons. The third kappa shape index (κ3) is 2.78. The van der Waals surface area contributed by atoms with Crippen LogP contribution in [0.5, 0.6) is 0 Å². The third-order valence-corrected chi connectivity index (χ3v) is 4.07. The van der Waals surface area contributed by atoms with Gasteiger partial charge in [0.1, 0.15) is 0 Å². The van der Waals surface area contributed by atoms with Gasteiger partial charge in [-0.05, 0) is 32.6 Å². The molecule has 1 aromatic rings. The van der Waals surface area contributed by atoms with Crippen LogP contribution in [0, 0.1) is 0 Å². The highest BCUT2D eigenvalue weighted by Crippen LogP contribution is 2.27. The van der Waals surface area contributed by atoms with Gasteiger partial charge in [-0.25, -0.2) is 0 Å². The first-order valence-electron chi connectivity index (χ1n) is 6.83. The van der Waals surface area contributed by atoms with Crippen LogP contribution in [0.3, 0.4) is 0 Å². The molecule has 0 bridgehead atoms. The summed E-state index contributed by atoms with van der Waals surface area (Å²) in [5, 5.41) is 5.42. The monoisotopic (exact) mass is 267 g/mol. The van der Waals surface area contributed by atoms with Gasteiger partial charge in [0, 0.05) is 19.0 Å². The molecule has 0 fully saturated rings. The van der Waals surface area contributed by atoms with Gasteiger partial charge in [0.2, 0.25) is 0 Å². The van der Waals surface area contributed by atoms with E-state index in [0.29, 0.717) is 6.04 Å². The van der Waals surface area contributed by atoms with Crippen LogP contribution in [0.4, 0.5) is 0 Å². The van der Waals surface area contributed by atoms with E-state index < -0.39 is 0 Å². The van der Waals surface area contributed by atoms with Gasteiger partial charge in [-0.1, -0.05) is 30.2 Å². The second-order valence-corrected chi connectivity index (χ2v) is 5.33. The first-order chi connectivity index (χ1) is 8.65. The van der Waals surface area contributed by atoms with Gasteiger partial charge in [0.05, 0.1) is 16.4 Å². The van der Waals surface area contributed by atoms with Gasteiger partial charge in [-0.2, -0.15) is 5.10 Å². The quantitative estimate of drug-likeness (QED) is 0.852. The van der Waals surface area contributed by atoms with E-state index >= 15 is 0 Å². The predicted molar refractivity (Wildman–Crippen MR) is 75.9 cm³/mol. The minimum Gasteiger partial charge on any atom is -0.327 e. The second kappa shape index (κ2) is 5.89. The molecule has 2 N–H and O–H groups in total. The number of nitrogens with zero attached hydrogens (tertiary/aromatic N) is 2. The Hall–Kier alpha value is -0.800. The van der Waals surface area contributed by atoms with Crippen molar-refractivity contribution in [3.8, 4) is 0 Å². The zero-order valence-electron chi connectivity index (χ0n) is 11.2. The molecule has 1 aromatic heterocycles. The highest BCUT2D eigenvalue weighted by molar-refractivity contribution is 6.31. The van der Waals surface area contributed by atoms with E-state index in [1.54, 1.807) is 0 Å². The Bertz CT molecular complexity index is 448. The maximum Gasteiger partial charge on any atom is 0.0853 e. The van der Waals surface area contributed by atoms with Crippen molar-refractivity contribution in [1.29, 1.82) is 0 Å². The minimum absolute atomic E-state index is 0.339. The Morgan fingerprint density at radius 2 is 2.28 bits per heavy atom. The molecule has 2 rings (SSSR count). The molecule has 0 saturated heterocycles. The van der Waals surface area contributed by atoms with E-state index in [1.165, 1.54) is 5.57 Å². The Morgan fingerprint density at radius 1 is 1.50 bits per heavy atom. The fourth-order valence-electron chi connectivity index (χ4n) is 2.47. The van der Waals surface area contributed by atoms with E-state index in [-0.39, 0.29) is 0 Å². The molecule has 0 amide bonds. The molecule has 1 aliphatic rings. The van der Waals surface area contributed by atoms with Crippen molar-refractivity contribution < 1.29 is 0 Å². The fraction of sp³-hybridized carbons (Fsp3) is 0.643. The van der Waals surface area contributed by atoms with Crippen LogP contribution >= 0.6 is 11.6 Å². The lowest BCUT2D eigenvalue weighted by atomic mass is 9.93. The summed E-state index contributed by atoms with van der Waals surface area (Å²) in [7, 11) is 0. The smallest absolute Gasteiger partial charge is 0.0853 e. The number of rotatable bonds is 4. The molecule has 3 nitrogen and oxygen atoms in total. The zero-order valence-corrected chi connectivity index (χ0v) is 12.0. The number of nitrogens with two attached hydrogens (primary N) is 1. The summed E-state index contributed by atoms with van der Waals surface area (Å²) in [6.45, 7) is 5.08. The molecule has 0 saturated carbocycles. The average molecular weight is 268 g/mol. The maximum absolute atomic E-state index is 6.42. The van der Waals surface area contributed by atoms with Crippen LogP contribution in [0.1, 0.15) is 44.5 Å². The van der Waals surface area contributed by atoms with Gasteiger partial charge in [-0.15, -0.1) is 0 Å². The molecular weight excluding hydrogens is 246 g/mol. The topological polar surface area (TPSA) is 43.8 Å². The van der Waals surface area contributed by atoms with Crippen LogP contribution in [-0.4, -0.2) is 15.8 Å². The van der Waals surface area contributed by atoms with Gasteiger partial charge in [-0.3, -0.25) is 4.68 Å². The zero-order chi connectivity index (χ0) is 13.1.